The van der Waals surface area contributed by atoms with Crippen molar-refractivity contribution in [3.05, 3.63) is 36.2 Å². The van der Waals surface area contributed by atoms with E-state index in [0.29, 0.717) is 18.5 Å². The standard InChI is InChI=1S/C12H15N3O/c13-10-2-1-8(5-10)12(16)6-9-7-15-4-3-11(9)14/h1-4,7-8,10H,5-6,13H2,(H2,14,15). The Morgan fingerprint density at radius 1 is 1.50 bits per heavy atom. The van der Waals surface area contributed by atoms with Crippen LogP contribution in [0.25, 0.3) is 0 Å². The summed E-state index contributed by atoms with van der Waals surface area (Å²) in [6.07, 6.45) is 8.08. The maximum atomic E-state index is 11.9. The summed E-state index contributed by atoms with van der Waals surface area (Å²) in [7, 11) is 0. The van der Waals surface area contributed by atoms with Crippen LogP contribution in [0.5, 0.6) is 0 Å². The van der Waals surface area contributed by atoms with E-state index in [1.54, 1.807) is 18.5 Å². The first-order valence-corrected chi connectivity index (χ1v) is 5.32. The Morgan fingerprint density at radius 2 is 2.31 bits per heavy atom. The first-order chi connectivity index (χ1) is 7.66. The van der Waals surface area contributed by atoms with Crippen LogP contribution in [0.4, 0.5) is 5.69 Å². The number of hydrogen-bond acceptors (Lipinski definition) is 4. The number of Topliss-reactive ketones (excluding diaryl/α,β-unsaturated/α-hetero) is 1. The van der Waals surface area contributed by atoms with E-state index in [4.69, 9.17) is 11.5 Å². The molecule has 16 heavy (non-hydrogen) atoms. The third-order valence-electron chi connectivity index (χ3n) is 2.84. The highest BCUT2D eigenvalue weighted by Gasteiger charge is 2.22. The molecule has 1 heterocycles. The highest BCUT2D eigenvalue weighted by molar-refractivity contribution is 5.86. The Morgan fingerprint density at radius 3 is 2.94 bits per heavy atom. The molecule has 2 atom stereocenters. The van der Waals surface area contributed by atoms with Gasteiger partial charge in [0.1, 0.15) is 5.78 Å². The van der Waals surface area contributed by atoms with Gasteiger partial charge in [0.2, 0.25) is 0 Å². The Hall–Kier alpha value is -1.68. The molecule has 0 radical (unpaired) electrons. The number of rotatable bonds is 3. The first-order valence-electron chi connectivity index (χ1n) is 5.32. The van der Waals surface area contributed by atoms with Gasteiger partial charge in [-0.3, -0.25) is 9.78 Å². The quantitative estimate of drug-likeness (QED) is 0.729. The summed E-state index contributed by atoms with van der Waals surface area (Å²) in [5.74, 6) is 0.0958. The van der Waals surface area contributed by atoms with Crippen LogP contribution < -0.4 is 11.5 Å². The van der Waals surface area contributed by atoms with Gasteiger partial charge in [-0.1, -0.05) is 12.2 Å². The van der Waals surface area contributed by atoms with Gasteiger partial charge >= 0.3 is 0 Å². The van der Waals surface area contributed by atoms with Gasteiger partial charge in [0, 0.05) is 42.0 Å². The molecule has 1 aliphatic carbocycles. The molecule has 0 bridgehead atoms. The van der Waals surface area contributed by atoms with Crippen molar-refractivity contribution < 1.29 is 4.79 Å². The lowest BCUT2D eigenvalue weighted by Gasteiger charge is -2.09. The predicted molar refractivity (Wildman–Crippen MR) is 62.6 cm³/mol. The molecule has 0 aromatic carbocycles. The Bertz CT molecular complexity index is 428. The van der Waals surface area contributed by atoms with E-state index in [-0.39, 0.29) is 17.7 Å². The van der Waals surface area contributed by atoms with Crippen molar-refractivity contribution in [2.24, 2.45) is 11.7 Å². The van der Waals surface area contributed by atoms with Gasteiger partial charge in [-0.05, 0) is 12.5 Å². The number of aromatic nitrogens is 1. The van der Waals surface area contributed by atoms with Gasteiger partial charge in [0.25, 0.3) is 0 Å². The molecule has 0 saturated heterocycles. The van der Waals surface area contributed by atoms with E-state index in [0.717, 1.165) is 5.56 Å². The minimum absolute atomic E-state index is 0.0141. The zero-order valence-corrected chi connectivity index (χ0v) is 8.97. The molecule has 0 amide bonds. The molecule has 0 aliphatic heterocycles. The second kappa shape index (κ2) is 4.45. The summed E-state index contributed by atoms with van der Waals surface area (Å²) in [6.45, 7) is 0. The van der Waals surface area contributed by atoms with E-state index in [1.165, 1.54) is 0 Å². The third-order valence-corrected chi connectivity index (χ3v) is 2.84. The predicted octanol–water partition coefficient (Wildman–Crippen LogP) is 0.679. The van der Waals surface area contributed by atoms with Crippen LogP contribution in [-0.4, -0.2) is 16.8 Å². The number of ketones is 1. The number of nitrogen functional groups attached to an aromatic ring is 1. The monoisotopic (exact) mass is 217 g/mol. The smallest absolute Gasteiger partial charge is 0.144 e. The minimum atomic E-state index is -0.0605. The lowest BCUT2D eigenvalue weighted by Crippen LogP contribution is -2.20. The van der Waals surface area contributed by atoms with E-state index in [2.05, 4.69) is 4.98 Å². The molecular weight excluding hydrogens is 202 g/mol. The summed E-state index contributed by atoms with van der Waals surface area (Å²) in [4.78, 5) is 15.9. The molecule has 1 aliphatic rings. The fourth-order valence-electron chi connectivity index (χ4n) is 1.87. The number of nitrogens with zero attached hydrogens (tertiary/aromatic N) is 1. The van der Waals surface area contributed by atoms with Crippen molar-refractivity contribution in [3.63, 3.8) is 0 Å². The van der Waals surface area contributed by atoms with Crippen LogP contribution >= 0.6 is 0 Å². The maximum absolute atomic E-state index is 11.9. The van der Waals surface area contributed by atoms with Crippen LogP contribution in [0.3, 0.4) is 0 Å². The molecule has 0 saturated carbocycles. The Labute approximate surface area is 94.4 Å². The summed E-state index contributed by atoms with van der Waals surface area (Å²) < 4.78 is 0. The minimum Gasteiger partial charge on any atom is -0.398 e. The first kappa shape index (κ1) is 10.8. The topological polar surface area (TPSA) is 82.0 Å². The van der Waals surface area contributed by atoms with Crippen molar-refractivity contribution in [2.45, 2.75) is 18.9 Å². The number of allylic oxidation sites excluding steroid dienone is 1. The molecule has 84 valence electrons. The molecule has 1 aromatic heterocycles. The van der Waals surface area contributed by atoms with Gasteiger partial charge in [0.15, 0.2) is 0 Å². The zero-order valence-electron chi connectivity index (χ0n) is 8.97. The van der Waals surface area contributed by atoms with Crippen LogP contribution in [0.15, 0.2) is 30.6 Å². The highest BCUT2D eigenvalue weighted by atomic mass is 16.1. The van der Waals surface area contributed by atoms with Crippen molar-refractivity contribution in [1.29, 1.82) is 0 Å². The van der Waals surface area contributed by atoms with Gasteiger partial charge < -0.3 is 11.5 Å². The molecule has 4 nitrogen and oxygen atoms in total. The Balaban J connectivity index is 2.03. The van der Waals surface area contributed by atoms with Crippen molar-refractivity contribution in [2.75, 3.05) is 5.73 Å². The molecular formula is C12H15N3O. The molecule has 4 heteroatoms. The second-order valence-electron chi connectivity index (χ2n) is 4.11. The van der Waals surface area contributed by atoms with Crippen molar-refractivity contribution in [1.82, 2.24) is 4.98 Å². The van der Waals surface area contributed by atoms with Crippen molar-refractivity contribution in [3.8, 4) is 0 Å². The van der Waals surface area contributed by atoms with Gasteiger partial charge in [0.05, 0.1) is 0 Å². The van der Waals surface area contributed by atoms with Gasteiger partial charge in [-0.15, -0.1) is 0 Å². The van der Waals surface area contributed by atoms with E-state index in [9.17, 15) is 4.79 Å². The third kappa shape index (κ3) is 2.28. The van der Waals surface area contributed by atoms with Crippen LogP contribution in [0, 0.1) is 5.92 Å². The van der Waals surface area contributed by atoms with Gasteiger partial charge in [-0.2, -0.15) is 0 Å². The zero-order chi connectivity index (χ0) is 11.5. The normalized spacial score (nSPS) is 23.6. The molecule has 0 spiro atoms. The largest absolute Gasteiger partial charge is 0.398 e. The fraction of sp³-hybridized carbons (Fsp3) is 0.333. The molecule has 2 rings (SSSR count). The highest BCUT2D eigenvalue weighted by Crippen LogP contribution is 2.20. The van der Waals surface area contributed by atoms with Crippen LogP contribution in [-0.2, 0) is 11.2 Å². The number of anilines is 1. The fourth-order valence-corrected chi connectivity index (χ4v) is 1.87. The summed E-state index contributed by atoms with van der Waals surface area (Å²) >= 11 is 0. The summed E-state index contributed by atoms with van der Waals surface area (Å²) in [5, 5.41) is 0. The Kier molecular flexibility index (Phi) is 3.01. The number of nitrogens with two attached hydrogens (primary N) is 2. The molecule has 0 fully saturated rings. The van der Waals surface area contributed by atoms with E-state index in [1.807, 2.05) is 12.2 Å². The number of carbonyl (C=O) groups excluding carboxylic acids is 1. The number of pyridine rings is 1. The average Bonchev–Trinajstić information content (AvgIpc) is 2.68. The average molecular weight is 217 g/mol. The van der Waals surface area contributed by atoms with Crippen LogP contribution in [0.1, 0.15) is 12.0 Å². The summed E-state index contributed by atoms with van der Waals surface area (Å²) in [6, 6.07) is 1.72. The molecule has 2 unspecified atom stereocenters. The maximum Gasteiger partial charge on any atom is 0.144 e. The van der Waals surface area contributed by atoms with Gasteiger partial charge in [-0.25, -0.2) is 0 Å². The van der Waals surface area contributed by atoms with E-state index >= 15 is 0 Å². The number of carbonyl (C=O) groups is 1. The second-order valence-corrected chi connectivity index (χ2v) is 4.11. The lowest BCUT2D eigenvalue weighted by atomic mass is 9.97. The SMILES string of the molecule is Nc1ccncc1CC(=O)C1C=CC(N)C1. The summed E-state index contributed by atoms with van der Waals surface area (Å²) in [5.41, 5.74) is 12.9. The molecule has 1 aromatic rings. The van der Waals surface area contributed by atoms with Crippen LogP contribution in [0.2, 0.25) is 0 Å². The van der Waals surface area contributed by atoms with E-state index < -0.39 is 0 Å². The molecule has 4 N–H and O–H groups in total. The lowest BCUT2D eigenvalue weighted by molar-refractivity contribution is -0.120. The number of hydrogen-bond donors (Lipinski definition) is 2. The van der Waals surface area contributed by atoms with Crippen molar-refractivity contribution >= 4 is 11.5 Å².